The van der Waals surface area contributed by atoms with Crippen LogP contribution in [0.2, 0.25) is 5.02 Å². The normalized spacial score (nSPS) is 10.2. The Hall–Kier alpha value is -1.14. The molecule has 5 heteroatoms. The molecule has 2 rings (SSSR count). The summed E-state index contributed by atoms with van der Waals surface area (Å²) >= 11 is 8.34. The Morgan fingerprint density at radius 2 is 1.65 bits per heavy atom. The van der Waals surface area contributed by atoms with Gasteiger partial charge in [-0.25, -0.2) is 0 Å². The molecular formula is C15H14ClIO3. The minimum atomic E-state index is 0.397. The van der Waals surface area contributed by atoms with Crippen molar-refractivity contribution < 1.29 is 14.2 Å². The van der Waals surface area contributed by atoms with Crippen molar-refractivity contribution in [1.29, 1.82) is 0 Å². The molecule has 106 valence electrons. The van der Waals surface area contributed by atoms with E-state index in [0.29, 0.717) is 17.4 Å². The predicted molar refractivity (Wildman–Crippen MR) is 88.0 cm³/mol. The summed E-state index contributed by atoms with van der Waals surface area (Å²) in [6.07, 6.45) is 0. The molecule has 0 spiro atoms. The standard InChI is InChI=1S/C15H14ClIO3/c1-18-12-5-10(6-13(8-12)19-2)9-20-15-4-3-11(17)7-14(15)16/h3-8H,9H2,1-2H3. The van der Waals surface area contributed by atoms with Gasteiger partial charge in [-0.1, -0.05) is 11.6 Å². The zero-order chi connectivity index (χ0) is 14.5. The Bertz CT molecular complexity index is 579. The fraction of sp³-hybridized carbons (Fsp3) is 0.200. The van der Waals surface area contributed by atoms with Gasteiger partial charge >= 0.3 is 0 Å². The maximum Gasteiger partial charge on any atom is 0.138 e. The monoisotopic (exact) mass is 404 g/mol. The van der Waals surface area contributed by atoms with Gasteiger partial charge in [0.15, 0.2) is 0 Å². The van der Waals surface area contributed by atoms with E-state index in [9.17, 15) is 0 Å². The third-order valence-electron chi connectivity index (χ3n) is 2.70. The van der Waals surface area contributed by atoms with Gasteiger partial charge in [0.1, 0.15) is 23.9 Å². The highest BCUT2D eigenvalue weighted by atomic mass is 127. The quantitative estimate of drug-likeness (QED) is 0.685. The van der Waals surface area contributed by atoms with Crippen LogP contribution in [0.25, 0.3) is 0 Å². The Balaban J connectivity index is 2.13. The highest BCUT2D eigenvalue weighted by Crippen LogP contribution is 2.28. The first kappa shape index (κ1) is 15.3. The molecule has 0 aliphatic heterocycles. The third kappa shape index (κ3) is 3.93. The van der Waals surface area contributed by atoms with Crippen molar-refractivity contribution in [3.05, 3.63) is 50.6 Å². The van der Waals surface area contributed by atoms with Gasteiger partial charge in [-0.2, -0.15) is 0 Å². The molecule has 0 aliphatic rings. The Morgan fingerprint density at radius 1 is 1.00 bits per heavy atom. The van der Waals surface area contributed by atoms with Crippen molar-refractivity contribution in [3.8, 4) is 17.2 Å². The first-order chi connectivity index (χ1) is 9.62. The van der Waals surface area contributed by atoms with Crippen molar-refractivity contribution in [3.63, 3.8) is 0 Å². The largest absolute Gasteiger partial charge is 0.497 e. The predicted octanol–water partition coefficient (Wildman–Crippen LogP) is 4.54. The smallest absolute Gasteiger partial charge is 0.138 e. The average molecular weight is 405 g/mol. The number of rotatable bonds is 5. The minimum absolute atomic E-state index is 0.397. The lowest BCUT2D eigenvalue weighted by Crippen LogP contribution is -1.98. The first-order valence-electron chi connectivity index (χ1n) is 5.92. The SMILES string of the molecule is COc1cc(COc2ccc(I)cc2Cl)cc(OC)c1. The molecular weight excluding hydrogens is 391 g/mol. The van der Waals surface area contributed by atoms with Crippen LogP contribution in [-0.4, -0.2) is 14.2 Å². The van der Waals surface area contributed by atoms with Gasteiger partial charge in [0, 0.05) is 9.64 Å². The van der Waals surface area contributed by atoms with Crippen LogP contribution in [-0.2, 0) is 6.61 Å². The second kappa shape index (κ2) is 7.04. The summed E-state index contributed by atoms with van der Waals surface area (Å²) < 4.78 is 17.3. The number of hydrogen-bond acceptors (Lipinski definition) is 3. The van der Waals surface area contributed by atoms with Gasteiger partial charge in [-0.15, -0.1) is 0 Å². The molecule has 0 radical (unpaired) electrons. The molecule has 2 aromatic carbocycles. The Labute approximate surface area is 136 Å². The molecule has 0 heterocycles. The highest BCUT2D eigenvalue weighted by Gasteiger charge is 2.05. The van der Waals surface area contributed by atoms with Crippen LogP contribution in [0.4, 0.5) is 0 Å². The van der Waals surface area contributed by atoms with Gasteiger partial charge in [-0.05, 0) is 58.5 Å². The van der Waals surface area contributed by atoms with E-state index in [4.69, 9.17) is 25.8 Å². The van der Waals surface area contributed by atoms with Crippen LogP contribution in [0.3, 0.4) is 0 Å². The van der Waals surface area contributed by atoms with E-state index in [1.165, 1.54) is 0 Å². The molecule has 0 saturated heterocycles. The maximum atomic E-state index is 6.13. The van der Waals surface area contributed by atoms with Crippen molar-refractivity contribution in [2.24, 2.45) is 0 Å². The van der Waals surface area contributed by atoms with Crippen LogP contribution < -0.4 is 14.2 Å². The van der Waals surface area contributed by atoms with Gasteiger partial charge in [0.05, 0.1) is 19.2 Å². The summed E-state index contributed by atoms with van der Waals surface area (Å²) in [7, 11) is 3.24. The van der Waals surface area contributed by atoms with Crippen LogP contribution in [0.1, 0.15) is 5.56 Å². The van der Waals surface area contributed by atoms with Gasteiger partial charge in [-0.3, -0.25) is 0 Å². The topological polar surface area (TPSA) is 27.7 Å². The van der Waals surface area contributed by atoms with E-state index in [1.807, 2.05) is 36.4 Å². The van der Waals surface area contributed by atoms with Crippen LogP contribution in [0.5, 0.6) is 17.2 Å². The summed E-state index contributed by atoms with van der Waals surface area (Å²) in [5.74, 6) is 2.13. The number of benzene rings is 2. The molecule has 20 heavy (non-hydrogen) atoms. The van der Waals surface area contributed by atoms with E-state index in [-0.39, 0.29) is 0 Å². The molecule has 0 amide bonds. The lowest BCUT2D eigenvalue weighted by Gasteiger charge is -2.11. The van der Waals surface area contributed by atoms with Gasteiger partial charge in [0.2, 0.25) is 0 Å². The van der Waals surface area contributed by atoms with Crippen molar-refractivity contribution in [2.75, 3.05) is 14.2 Å². The number of hydrogen-bond donors (Lipinski definition) is 0. The number of ether oxygens (including phenoxy) is 3. The fourth-order valence-corrected chi connectivity index (χ4v) is 2.61. The second-order valence-corrected chi connectivity index (χ2v) is 5.74. The van der Waals surface area contributed by atoms with E-state index in [2.05, 4.69) is 22.6 Å². The second-order valence-electron chi connectivity index (χ2n) is 4.08. The van der Waals surface area contributed by atoms with Crippen molar-refractivity contribution >= 4 is 34.2 Å². The molecule has 0 aliphatic carbocycles. The van der Waals surface area contributed by atoms with E-state index < -0.39 is 0 Å². The molecule has 2 aromatic rings. The first-order valence-corrected chi connectivity index (χ1v) is 7.38. The van der Waals surface area contributed by atoms with Crippen molar-refractivity contribution in [1.82, 2.24) is 0 Å². The summed E-state index contributed by atoms with van der Waals surface area (Å²) in [5.41, 5.74) is 0.954. The van der Waals surface area contributed by atoms with E-state index in [1.54, 1.807) is 14.2 Å². The molecule has 0 bridgehead atoms. The summed E-state index contributed by atoms with van der Waals surface area (Å²) in [4.78, 5) is 0. The summed E-state index contributed by atoms with van der Waals surface area (Å²) in [5, 5.41) is 0.603. The fourth-order valence-electron chi connectivity index (χ4n) is 1.70. The van der Waals surface area contributed by atoms with Gasteiger partial charge < -0.3 is 14.2 Å². The van der Waals surface area contributed by atoms with E-state index in [0.717, 1.165) is 20.6 Å². The number of methoxy groups -OCH3 is 2. The number of halogens is 2. The molecule has 0 unspecified atom stereocenters. The molecule has 0 N–H and O–H groups in total. The zero-order valence-electron chi connectivity index (χ0n) is 11.2. The van der Waals surface area contributed by atoms with Crippen LogP contribution in [0.15, 0.2) is 36.4 Å². The average Bonchev–Trinajstić information content (AvgIpc) is 2.46. The Kier molecular flexibility index (Phi) is 5.37. The van der Waals surface area contributed by atoms with Crippen LogP contribution >= 0.6 is 34.2 Å². The Morgan fingerprint density at radius 3 is 2.20 bits per heavy atom. The summed E-state index contributed by atoms with van der Waals surface area (Å²) in [6, 6.07) is 11.3. The molecule has 3 nitrogen and oxygen atoms in total. The third-order valence-corrected chi connectivity index (χ3v) is 3.67. The highest BCUT2D eigenvalue weighted by molar-refractivity contribution is 14.1. The maximum absolute atomic E-state index is 6.13. The molecule has 0 fully saturated rings. The minimum Gasteiger partial charge on any atom is -0.497 e. The zero-order valence-corrected chi connectivity index (χ0v) is 14.1. The molecule has 0 aromatic heterocycles. The summed E-state index contributed by atoms with van der Waals surface area (Å²) in [6.45, 7) is 0.397. The van der Waals surface area contributed by atoms with Crippen LogP contribution in [0, 0.1) is 3.57 Å². The lowest BCUT2D eigenvalue weighted by atomic mass is 10.2. The van der Waals surface area contributed by atoms with E-state index >= 15 is 0 Å². The van der Waals surface area contributed by atoms with Crippen molar-refractivity contribution in [2.45, 2.75) is 6.61 Å². The van der Waals surface area contributed by atoms with Gasteiger partial charge in [0.25, 0.3) is 0 Å². The lowest BCUT2D eigenvalue weighted by molar-refractivity contribution is 0.304. The molecule has 0 atom stereocenters. The molecule has 0 saturated carbocycles.